The molecule has 0 bridgehead atoms. The van der Waals surface area contributed by atoms with Crippen LogP contribution in [0.2, 0.25) is 0 Å². The number of hydrogen-bond acceptors (Lipinski definition) is 4. The van der Waals surface area contributed by atoms with Crippen LogP contribution in [0, 0.1) is 0 Å². The van der Waals surface area contributed by atoms with Gasteiger partial charge in [0.1, 0.15) is 0 Å². The van der Waals surface area contributed by atoms with Gasteiger partial charge in [-0.2, -0.15) is 0 Å². The minimum Gasteiger partial charge on any atom is -0.208 e. The molecule has 0 amide bonds. The van der Waals surface area contributed by atoms with E-state index >= 15 is 0 Å². The minimum absolute atomic E-state index is 0.0451. The Kier molecular flexibility index (Phi) is 7.97. The predicted octanol–water partition coefficient (Wildman–Crippen LogP) is 15.6. The fourth-order valence-corrected chi connectivity index (χ4v) is 11.3. The van der Waals surface area contributed by atoms with Gasteiger partial charge in [0.05, 0.1) is 0 Å². The summed E-state index contributed by atoms with van der Waals surface area (Å²) in [6.07, 6.45) is 1.88. The molecule has 0 N–H and O–H groups in total. The summed E-state index contributed by atoms with van der Waals surface area (Å²) in [6.45, 7) is 0. The molecule has 290 valence electrons. The van der Waals surface area contributed by atoms with Crippen molar-refractivity contribution >= 4 is 74.6 Å². The maximum absolute atomic E-state index is 5.53. The predicted molar refractivity (Wildman–Crippen MR) is 261 cm³/mol. The van der Waals surface area contributed by atoms with Gasteiger partial charge in [0.2, 0.25) is 0 Å². The second kappa shape index (κ2) is 14.0. The smallest absolute Gasteiger partial charge is 0.164 e. The van der Waals surface area contributed by atoms with Crippen LogP contribution in [-0.4, -0.2) is 15.0 Å². The fraction of sp³-hybridized carbons (Fsp3) is 0.0517. The number of benzene rings is 10. The number of thiophene rings is 1. The molecule has 0 aliphatic heterocycles. The molecule has 2 aromatic heterocycles. The first-order chi connectivity index (χ1) is 30.7. The Hall–Kier alpha value is -7.53. The van der Waals surface area contributed by atoms with Gasteiger partial charge in [0.15, 0.2) is 17.5 Å². The monoisotopic (exact) mass is 807 g/mol. The molecule has 1 aliphatic rings. The van der Waals surface area contributed by atoms with Gasteiger partial charge in [-0.25, -0.2) is 15.0 Å². The number of fused-ring (bicyclic) bond motifs is 10. The largest absolute Gasteiger partial charge is 0.208 e. The number of nitrogens with zero attached hydrogens (tertiary/aromatic N) is 3. The molecule has 62 heavy (non-hydrogen) atoms. The molecule has 0 spiro atoms. The maximum atomic E-state index is 5.53. The molecule has 0 radical (unpaired) electrons. The van der Waals surface area contributed by atoms with Crippen molar-refractivity contribution in [3.63, 3.8) is 0 Å². The van der Waals surface area contributed by atoms with Crippen LogP contribution < -0.4 is 0 Å². The lowest BCUT2D eigenvalue weighted by atomic mass is 9.80. The van der Waals surface area contributed by atoms with Gasteiger partial charge in [0, 0.05) is 42.8 Å². The van der Waals surface area contributed by atoms with Crippen LogP contribution in [-0.2, 0) is 6.42 Å². The Morgan fingerprint density at radius 1 is 0.387 bits per heavy atom. The van der Waals surface area contributed by atoms with Crippen molar-refractivity contribution in [1.82, 2.24) is 15.0 Å². The number of rotatable bonds is 4. The number of hydrogen-bond donors (Lipinski definition) is 0. The zero-order valence-corrected chi connectivity index (χ0v) is 34.5. The SMILES string of the molecule is c1ccc2cc(-c3nc(-c4ccc5sc6ccccc6c5c4C4CCc5cc6ccccc6cc5-c5cc6ccccc6cc54)nc(-c4cccc5ccccc45)n3)ccc2c1. The maximum Gasteiger partial charge on any atom is 0.164 e. The second-order valence-corrected chi connectivity index (χ2v) is 17.7. The van der Waals surface area contributed by atoms with E-state index in [-0.39, 0.29) is 5.92 Å². The van der Waals surface area contributed by atoms with Gasteiger partial charge >= 0.3 is 0 Å². The van der Waals surface area contributed by atoms with Crippen LogP contribution in [0.5, 0.6) is 0 Å². The molecule has 3 nitrogen and oxygen atoms in total. The summed E-state index contributed by atoms with van der Waals surface area (Å²) >= 11 is 1.87. The van der Waals surface area contributed by atoms with Gasteiger partial charge in [-0.15, -0.1) is 11.3 Å². The molecule has 13 rings (SSSR count). The average molecular weight is 808 g/mol. The molecule has 1 aliphatic carbocycles. The van der Waals surface area contributed by atoms with E-state index in [1.165, 1.54) is 74.9 Å². The first-order valence-corrected chi connectivity index (χ1v) is 22.2. The fourth-order valence-electron chi connectivity index (χ4n) is 10.2. The summed E-state index contributed by atoms with van der Waals surface area (Å²) in [6, 6.07) is 70.9. The van der Waals surface area contributed by atoms with Crippen LogP contribution >= 0.6 is 11.3 Å². The highest BCUT2D eigenvalue weighted by Crippen LogP contribution is 2.50. The Morgan fingerprint density at radius 3 is 1.77 bits per heavy atom. The topological polar surface area (TPSA) is 38.7 Å². The van der Waals surface area contributed by atoms with Gasteiger partial charge in [-0.3, -0.25) is 0 Å². The summed E-state index contributed by atoms with van der Waals surface area (Å²) < 4.78 is 2.56. The first-order valence-electron chi connectivity index (χ1n) is 21.4. The highest BCUT2D eigenvalue weighted by molar-refractivity contribution is 7.25. The van der Waals surface area contributed by atoms with Crippen LogP contribution in [0.25, 0.3) is 109 Å². The Labute approximate surface area is 362 Å². The molecule has 1 unspecified atom stereocenters. The quantitative estimate of drug-likeness (QED) is 0.178. The minimum atomic E-state index is 0.0451. The van der Waals surface area contributed by atoms with E-state index in [1.54, 1.807) is 0 Å². The van der Waals surface area contributed by atoms with Gasteiger partial charge in [-0.05, 0) is 126 Å². The molecule has 0 saturated carbocycles. The standard InChI is InChI=1S/C58H37N3S/c1-2-14-37-31-43(25-24-35(37)12-1)56-59-57(46-22-11-19-36-13-7-8-20-44(36)46)61-58(60-56)48-28-29-53-55(47-21-9-10-23-52(47)62-53)54(48)45-27-26-42-30-38-15-3-4-16-39(38)32-49(42)51-34-41-18-6-5-17-40(41)33-50(45)51/h1-25,28-34,45H,26-27H2. The van der Waals surface area contributed by atoms with Crippen LogP contribution in [0.3, 0.4) is 0 Å². The van der Waals surface area contributed by atoms with E-state index in [1.807, 2.05) is 11.3 Å². The molecular weight excluding hydrogens is 771 g/mol. The van der Waals surface area contributed by atoms with Crippen molar-refractivity contribution in [3.8, 4) is 45.3 Å². The van der Waals surface area contributed by atoms with Crippen LogP contribution in [0.15, 0.2) is 194 Å². The van der Waals surface area contributed by atoms with Gasteiger partial charge in [0.25, 0.3) is 0 Å². The van der Waals surface area contributed by atoms with E-state index in [4.69, 9.17) is 15.0 Å². The van der Waals surface area contributed by atoms with Crippen molar-refractivity contribution in [3.05, 3.63) is 211 Å². The highest BCUT2D eigenvalue weighted by atomic mass is 32.1. The second-order valence-electron chi connectivity index (χ2n) is 16.6. The lowest BCUT2D eigenvalue weighted by Crippen LogP contribution is -2.08. The van der Waals surface area contributed by atoms with E-state index in [2.05, 4.69) is 194 Å². The van der Waals surface area contributed by atoms with Crippen molar-refractivity contribution in [2.24, 2.45) is 0 Å². The molecule has 0 fully saturated rings. The van der Waals surface area contributed by atoms with Gasteiger partial charge in [-0.1, -0.05) is 152 Å². The third-order valence-electron chi connectivity index (χ3n) is 13.1. The highest BCUT2D eigenvalue weighted by Gasteiger charge is 2.31. The summed E-state index contributed by atoms with van der Waals surface area (Å²) in [4.78, 5) is 16.3. The van der Waals surface area contributed by atoms with Crippen molar-refractivity contribution in [2.45, 2.75) is 18.8 Å². The van der Waals surface area contributed by atoms with E-state index < -0.39 is 0 Å². The summed E-state index contributed by atoms with van der Waals surface area (Å²) in [5.74, 6) is 2.07. The third-order valence-corrected chi connectivity index (χ3v) is 14.2. The average Bonchev–Trinajstić information content (AvgIpc) is 3.65. The van der Waals surface area contributed by atoms with Crippen molar-refractivity contribution < 1.29 is 0 Å². The van der Waals surface area contributed by atoms with Crippen molar-refractivity contribution in [2.75, 3.05) is 0 Å². The summed E-state index contributed by atoms with van der Waals surface area (Å²) in [5.41, 5.74) is 9.66. The van der Waals surface area contributed by atoms with E-state index in [0.29, 0.717) is 17.5 Å². The van der Waals surface area contributed by atoms with E-state index in [9.17, 15) is 0 Å². The lowest BCUT2D eigenvalue weighted by Gasteiger charge is -2.24. The summed E-state index contributed by atoms with van der Waals surface area (Å²) in [5, 5.41) is 12.2. The lowest BCUT2D eigenvalue weighted by molar-refractivity contribution is 0.732. The zero-order chi connectivity index (χ0) is 40.7. The molecule has 0 saturated heterocycles. The third kappa shape index (κ3) is 5.68. The van der Waals surface area contributed by atoms with Crippen LogP contribution in [0.4, 0.5) is 0 Å². The Morgan fingerprint density at radius 2 is 0.984 bits per heavy atom. The number of aryl methyl sites for hydroxylation is 1. The number of aromatic nitrogens is 3. The molecule has 12 aromatic rings. The summed E-state index contributed by atoms with van der Waals surface area (Å²) in [7, 11) is 0. The zero-order valence-electron chi connectivity index (χ0n) is 33.7. The Bertz CT molecular complexity index is 3780. The molecule has 10 aromatic carbocycles. The van der Waals surface area contributed by atoms with E-state index in [0.717, 1.165) is 45.7 Å². The molecule has 4 heteroatoms. The molecule has 2 heterocycles. The molecule has 1 atom stereocenters. The Balaban J connectivity index is 1.12. The van der Waals surface area contributed by atoms with Crippen molar-refractivity contribution in [1.29, 1.82) is 0 Å². The normalized spacial score (nSPS) is 13.8. The van der Waals surface area contributed by atoms with Gasteiger partial charge < -0.3 is 0 Å². The van der Waals surface area contributed by atoms with Crippen LogP contribution in [0.1, 0.15) is 29.0 Å². The molecular formula is C58H37N3S. The first kappa shape index (κ1) is 35.2.